The maximum Gasteiger partial charge on any atom is 0.251 e. The number of fused-ring (bicyclic) bond motifs is 1. The van der Waals surface area contributed by atoms with E-state index in [9.17, 15) is 9.18 Å². The fraction of sp³-hybridized carbons (Fsp3) is 0.278. The van der Waals surface area contributed by atoms with Gasteiger partial charge in [-0.1, -0.05) is 25.1 Å². The van der Waals surface area contributed by atoms with Crippen LogP contribution in [0.3, 0.4) is 0 Å². The van der Waals surface area contributed by atoms with Crippen molar-refractivity contribution in [2.24, 2.45) is 5.92 Å². The van der Waals surface area contributed by atoms with Crippen LogP contribution in [0.25, 0.3) is 0 Å². The Kier molecular flexibility index (Phi) is 5.26. The lowest BCUT2D eigenvalue weighted by Gasteiger charge is -2.32. The second-order valence-corrected chi connectivity index (χ2v) is 5.90. The van der Waals surface area contributed by atoms with Crippen molar-refractivity contribution in [3.8, 4) is 0 Å². The smallest absolute Gasteiger partial charge is 0.251 e. The molecule has 3 nitrogen and oxygen atoms in total. The first-order chi connectivity index (χ1) is 10.6. The molecule has 2 unspecified atom stereocenters. The van der Waals surface area contributed by atoms with Gasteiger partial charge in [-0.25, -0.2) is 4.39 Å². The highest BCUT2D eigenvalue weighted by atomic mass is 35.5. The first kappa shape index (κ1) is 17.3. The lowest BCUT2D eigenvalue weighted by Crippen LogP contribution is -2.35. The number of hydrogen-bond acceptors (Lipinski definition) is 2. The van der Waals surface area contributed by atoms with Crippen molar-refractivity contribution in [2.45, 2.75) is 25.8 Å². The van der Waals surface area contributed by atoms with Gasteiger partial charge in [0.1, 0.15) is 5.82 Å². The summed E-state index contributed by atoms with van der Waals surface area (Å²) in [6.07, 6.45) is 1.57. The van der Waals surface area contributed by atoms with Crippen molar-refractivity contribution in [1.82, 2.24) is 5.32 Å². The van der Waals surface area contributed by atoms with Crippen molar-refractivity contribution in [2.75, 3.05) is 5.73 Å². The summed E-state index contributed by atoms with van der Waals surface area (Å²) in [5.74, 6) is -0.104. The highest BCUT2D eigenvalue weighted by Gasteiger charge is 2.29. The van der Waals surface area contributed by atoms with Crippen molar-refractivity contribution in [3.05, 3.63) is 65.0 Å². The average molecular weight is 335 g/mol. The predicted molar refractivity (Wildman–Crippen MR) is 92.2 cm³/mol. The molecule has 2 atom stereocenters. The van der Waals surface area contributed by atoms with Crippen LogP contribution < -0.4 is 11.1 Å². The number of carbonyl (C=O) groups excluding carboxylic acids is 1. The van der Waals surface area contributed by atoms with E-state index in [2.05, 4.69) is 12.2 Å². The lowest BCUT2D eigenvalue weighted by molar-refractivity contribution is 0.0919. The van der Waals surface area contributed by atoms with E-state index in [1.165, 1.54) is 6.07 Å². The van der Waals surface area contributed by atoms with Crippen LogP contribution in [0, 0.1) is 11.7 Å². The molecule has 1 amide bonds. The van der Waals surface area contributed by atoms with Crippen molar-refractivity contribution in [3.63, 3.8) is 0 Å². The molecule has 0 bridgehead atoms. The molecule has 2 aromatic carbocycles. The molecule has 3 N–H and O–H groups in total. The minimum atomic E-state index is -0.187. The van der Waals surface area contributed by atoms with Gasteiger partial charge >= 0.3 is 0 Å². The Morgan fingerprint density at radius 3 is 2.74 bits per heavy atom. The number of nitrogens with two attached hydrogens (primary N) is 1. The molecule has 5 heteroatoms. The number of nitrogen functional groups attached to an aromatic ring is 1. The van der Waals surface area contributed by atoms with Crippen LogP contribution in [0.2, 0.25) is 0 Å². The van der Waals surface area contributed by atoms with Gasteiger partial charge in [0.2, 0.25) is 0 Å². The summed E-state index contributed by atoms with van der Waals surface area (Å²) < 4.78 is 14.0. The Morgan fingerprint density at radius 1 is 1.26 bits per heavy atom. The molecule has 0 saturated heterocycles. The molecule has 1 aliphatic carbocycles. The largest absolute Gasteiger partial charge is 0.399 e. The summed E-state index contributed by atoms with van der Waals surface area (Å²) in [4.78, 5) is 12.4. The quantitative estimate of drug-likeness (QED) is 0.819. The van der Waals surface area contributed by atoms with Crippen LogP contribution in [0.4, 0.5) is 10.1 Å². The summed E-state index contributed by atoms with van der Waals surface area (Å²) in [7, 11) is 0. The highest BCUT2D eigenvalue weighted by Crippen LogP contribution is 2.35. The lowest BCUT2D eigenvalue weighted by atomic mass is 9.80. The Labute approximate surface area is 141 Å². The number of nitrogens with one attached hydrogen (secondary N) is 1. The van der Waals surface area contributed by atoms with Crippen molar-refractivity contribution < 1.29 is 9.18 Å². The summed E-state index contributed by atoms with van der Waals surface area (Å²) in [6, 6.07) is 11.8. The van der Waals surface area contributed by atoms with Gasteiger partial charge in [0.15, 0.2) is 0 Å². The van der Waals surface area contributed by atoms with Crippen LogP contribution >= 0.6 is 12.4 Å². The first-order valence-corrected chi connectivity index (χ1v) is 7.50. The van der Waals surface area contributed by atoms with Gasteiger partial charge < -0.3 is 11.1 Å². The molecular formula is C18H20ClFN2O. The van der Waals surface area contributed by atoms with E-state index in [0.717, 1.165) is 17.5 Å². The predicted octanol–water partition coefficient (Wildman–Crippen LogP) is 3.88. The van der Waals surface area contributed by atoms with Gasteiger partial charge in [0, 0.05) is 11.3 Å². The van der Waals surface area contributed by atoms with Gasteiger partial charge in [-0.3, -0.25) is 4.79 Å². The zero-order chi connectivity index (χ0) is 15.7. The van der Waals surface area contributed by atoms with Gasteiger partial charge in [0.05, 0.1) is 6.04 Å². The Balaban J connectivity index is 0.00000192. The summed E-state index contributed by atoms with van der Waals surface area (Å²) in [6.45, 7) is 2.08. The van der Waals surface area contributed by atoms with Crippen molar-refractivity contribution >= 4 is 24.0 Å². The third kappa shape index (κ3) is 3.48. The minimum Gasteiger partial charge on any atom is -0.399 e. The zero-order valence-electron chi connectivity index (χ0n) is 12.9. The van der Waals surface area contributed by atoms with E-state index in [1.807, 2.05) is 6.07 Å². The zero-order valence-corrected chi connectivity index (χ0v) is 13.7. The van der Waals surface area contributed by atoms with Gasteiger partial charge in [-0.2, -0.15) is 0 Å². The van der Waals surface area contributed by atoms with E-state index in [4.69, 9.17) is 5.73 Å². The van der Waals surface area contributed by atoms with Crippen LogP contribution in [-0.4, -0.2) is 5.91 Å². The fourth-order valence-electron chi connectivity index (χ4n) is 3.10. The third-order valence-corrected chi connectivity index (χ3v) is 4.34. The van der Waals surface area contributed by atoms with E-state index in [-0.39, 0.29) is 36.1 Å². The van der Waals surface area contributed by atoms with E-state index < -0.39 is 0 Å². The molecule has 0 heterocycles. The highest BCUT2D eigenvalue weighted by molar-refractivity contribution is 5.95. The maximum absolute atomic E-state index is 14.0. The van der Waals surface area contributed by atoms with Crippen LogP contribution in [-0.2, 0) is 6.42 Å². The number of rotatable bonds is 2. The molecule has 23 heavy (non-hydrogen) atoms. The van der Waals surface area contributed by atoms with E-state index in [1.54, 1.807) is 30.3 Å². The molecule has 0 aromatic heterocycles. The topological polar surface area (TPSA) is 55.1 Å². The summed E-state index contributed by atoms with van der Waals surface area (Å²) in [5.41, 5.74) is 8.41. The Hall–Kier alpha value is -2.07. The Morgan fingerprint density at radius 2 is 2.00 bits per heavy atom. The second-order valence-electron chi connectivity index (χ2n) is 5.90. The molecule has 0 radical (unpaired) electrons. The summed E-state index contributed by atoms with van der Waals surface area (Å²) in [5, 5.41) is 3.03. The molecule has 0 spiro atoms. The number of carbonyl (C=O) groups is 1. The van der Waals surface area contributed by atoms with Gasteiger partial charge in [0.25, 0.3) is 5.91 Å². The van der Waals surface area contributed by atoms with Crippen LogP contribution in [0.1, 0.15) is 40.9 Å². The second kappa shape index (κ2) is 7.01. The third-order valence-electron chi connectivity index (χ3n) is 4.34. The molecule has 1 aliphatic rings. The Bertz CT molecular complexity index is 720. The molecule has 2 aromatic rings. The fourth-order valence-corrected chi connectivity index (χ4v) is 3.10. The maximum atomic E-state index is 14.0. The number of hydrogen-bond donors (Lipinski definition) is 2. The number of benzene rings is 2. The molecule has 0 aliphatic heterocycles. The van der Waals surface area contributed by atoms with Gasteiger partial charge in [-0.15, -0.1) is 12.4 Å². The van der Waals surface area contributed by atoms with Crippen LogP contribution in [0.15, 0.2) is 42.5 Å². The molecular weight excluding hydrogens is 315 g/mol. The standard InChI is InChI=1S/C18H19FN2O.ClH/c1-11-8-9-14-15(6-3-7-16(14)19)17(11)21-18(22)12-4-2-5-13(20)10-12;/h2-7,10-11,17H,8-9,20H2,1H3,(H,21,22);1H. The van der Waals surface area contributed by atoms with Crippen LogP contribution in [0.5, 0.6) is 0 Å². The minimum absolute atomic E-state index is 0. The first-order valence-electron chi connectivity index (χ1n) is 7.50. The monoisotopic (exact) mass is 334 g/mol. The number of amides is 1. The van der Waals surface area contributed by atoms with Gasteiger partial charge in [-0.05, 0) is 54.2 Å². The normalized spacial score (nSPS) is 19.4. The summed E-state index contributed by atoms with van der Waals surface area (Å²) >= 11 is 0. The molecule has 3 rings (SSSR count). The molecule has 122 valence electrons. The number of halogens is 2. The molecule has 0 fully saturated rings. The van der Waals surface area contributed by atoms with E-state index in [0.29, 0.717) is 17.7 Å². The van der Waals surface area contributed by atoms with Crippen molar-refractivity contribution in [1.29, 1.82) is 0 Å². The average Bonchev–Trinajstić information content (AvgIpc) is 2.50. The SMILES string of the molecule is CC1CCc2c(F)cccc2C1NC(=O)c1cccc(N)c1.Cl. The van der Waals surface area contributed by atoms with E-state index >= 15 is 0 Å². The number of anilines is 1. The molecule has 0 saturated carbocycles.